The molecule has 2 N–H and O–H groups in total. The van der Waals surface area contributed by atoms with E-state index in [0.717, 1.165) is 24.2 Å². The van der Waals surface area contributed by atoms with E-state index < -0.39 is 5.97 Å². The standard InChI is InChI=1S/C14H19NO3/c1-9(10-5-3-4-6-13(10)18-2)15-12-8-7-11(12)14(16)17/h3-6,9,11-12,15H,7-8H2,1-2H3,(H,16,17)/t9-,11?,12?/m1/s1. The summed E-state index contributed by atoms with van der Waals surface area (Å²) in [5.74, 6) is -0.114. The highest BCUT2D eigenvalue weighted by Crippen LogP contribution is 2.31. The number of hydrogen-bond donors (Lipinski definition) is 2. The van der Waals surface area contributed by atoms with Crippen molar-refractivity contribution in [3.63, 3.8) is 0 Å². The first-order valence-corrected chi connectivity index (χ1v) is 6.25. The lowest BCUT2D eigenvalue weighted by molar-refractivity contribution is -0.146. The first-order valence-electron chi connectivity index (χ1n) is 6.25. The number of aliphatic carboxylic acids is 1. The van der Waals surface area contributed by atoms with Gasteiger partial charge in [0.25, 0.3) is 0 Å². The fourth-order valence-electron chi connectivity index (χ4n) is 2.43. The number of carboxylic acids is 1. The van der Waals surface area contributed by atoms with E-state index in [1.807, 2.05) is 31.2 Å². The number of rotatable bonds is 5. The lowest BCUT2D eigenvalue weighted by Gasteiger charge is -2.36. The predicted molar refractivity (Wildman–Crippen MR) is 68.7 cm³/mol. The third-order valence-electron chi connectivity index (χ3n) is 3.66. The highest BCUT2D eigenvalue weighted by Gasteiger charge is 2.37. The lowest BCUT2D eigenvalue weighted by Crippen LogP contribution is -2.48. The second kappa shape index (κ2) is 5.40. The monoisotopic (exact) mass is 249 g/mol. The van der Waals surface area contributed by atoms with Crippen molar-refractivity contribution < 1.29 is 14.6 Å². The van der Waals surface area contributed by atoms with E-state index in [9.17, 15) is 4.79 Å². The van der Waals surface area contributed by atoms with Crippen LogP contribution in [0.3, 0.4) is 0 Å². The number of hydrogen-bond acceptors (Lipinski definition) is 3. The largest absolute Gasteiger partial charge is 0.496 e. The molecule has 0 amide bonds. The molecule has 3 atom stereocenters. The molecule has 1 aliphatic carbocycles. The van der Waals surface area contributed by atoms with E-state index in [0.29, 0.717) is 0 Å². The van der Waals surface area contributed by atoms with Crippen molar-refractivity contribution in [2.75, 3.05) is 7.11 Å². The molecule has 4 heteroatoms. The van der Waals surface area contributed by atoms with Crippen molar-refractivity contribution in [2.24, 2.45) is 5.92 Å². The van der Waals surface area contributed by atoms with Gasteiger partial charge in [0.15, 0.2) is 0 Å². The van der Waals surface area contributed by atoms with Crippen molar-refractivity contribution in [3.05, 3.63) is 29.8 Å². The average Bonchev–Trinajstić information content (AvgIpc) is 2.33. The Balaban J connectivity index is 2.03. The Bertz CT molecular complexity index is 433. The minimum atomic E-state index is -0.703. The van der Waals surface area contributed by atoms with Crippen LogP contribution in [-0.2, 0) is 4.79 Å². The van der Waals surface area contributed by atoms with Crippen LogP contribution in [0.4, 0.5) is 0 Å². The number of carbonyl (C=O) groups is 1. The summed E-state index contributed by atoms with van der Waals surface area (Å²) in [6.07, 6.45) is 1.70. The molecular formula is C14H19NO3. The summed E-state index contributed by atoms with van der Waals surface area (Å²) in [6.45, 7) is 2.04. The van der Waals surface area contributed by atoms with Gasteiger partial charge in [-0.15, -0.1) is 0 Å². The van der Waals surface area contributed by atoms with Gasteiger partial charge in [-0.3, -0.25) is 4.79 Å². The van der Waals surface area contributed by atoms with E-state index in [1.54, 1.807) is 7.11 Å². The fourth-order valence-corrected chi connectivity index (χ4v) is 2.43. The zero-order valence-corrected chi connectivity index (χ0v) is 10.7. The molecule has 1 aromatic carbocycles. The molecule has 2 rings (SSSR count). The van der Waals surface area contributed by atoms with Gasteiger partial charge < -0.3 is 15.2 Å². The predicted octanol–water partition coefficient (Wildman–Crippen LogP) is 2.21. The third kappa shape index (κ3) is 2.48. The molecule has 18 heavy (non-hydrogen) atoms. The van der Waals surface area contributed by atoms with Gasteiger partial charge in [0, 0.05) is 17.6 Å². The first-order chi connectivity index (χ1) is 8.63. The van der Waals surface area contributed by atoms with Gasteiger partial charge in [-0.2, -0.15) is 0 Å². The van der Waals surface area contributed by atoms with E-state index in [1.165, 1.54) is 0 Å². The molecule has 0 aliphatic heterocycles. The molecular weight excluding hydrogens is 230 g/mol. The number of methoxy groups -OCH3 is 1. The minimum absolute atomic E-state index is 0.0717. The highest BCUT2D eigenvalue weighted by atomic mass is 16.5. The summed E-state index contributed by atoms with van der Waals surface area (Å²) < 4.78 is 5.32. The fraction of sp³-hybridized carbons (Fsp3) is 0.500. The Morgan fingerprint density at radius 3 is 2.72 bits per heavy atom. The van der Waals surface area contributed by atoms with Crippen molar-refractivity contribution in [1.29, 1.82) is 0 Å². The summed E-state index contributed by atoms with van der Waals surface area (Å²) >= 11 is 0. The number of benzene rings is 1. The molecule has 0 aromatic heterocycles. The van der Waals surface area contributed by atoms with Crippen LogP contribution in [0.2, 0.25) is 0 Å². The number of nitrogens with one attached hydrogen (secondary N) is 1. The molecule has 2 unspecified atom stereocenters. The smallest absolute Gasteiger partial charge is 0.308 e. The van der Waals surface area contributed by atoms with Crippen LogP contribution in [0.15, 0.2) is 24.3 Å². The molecule has 0 bridgehead atoms. The van der Waals surface area contributed by atoms with E-state index >= 15 is 0 Å². The van der Waals surface area contributed by atoms with Gasteiger partial charge in [0.1, 0.15) is 5.75 Å². The van der Waals surface area contributed by atoms with E-state index in [2.05, 4.69) is 5.32 Å². The van der Waals surface area contributed by atoms with Crippen molar-refractivity contribution >= 4 is 5.97 Å². The second-order valence-electron chi connectivity index (χ2n) is 4.76. The second-order valence-corrected chi connectivity index (χ2v) is 4.76. The van der Waals surface area contributed by atoms with Gasteiger partial charge in [-0.25, -0.2) is 0 Å². The maximum absolute atomic E-state index is 11.0. The SMILES string of the molecule is COc1ccccc1[C@@H](C)NC1CCC1C(=O)O. The van der Waals surface area contributed by atoms with Crippen LogP contribution >= 0.6 is 0 Å². The molecule has 1 fully saturated rings. The molecule has 0 radical (unpaired) electrons. The Kier molecular flexibility index (Phi) is 3.87. The Morgan fingerprint density at radius 1 is 1.44 bits per heavy atom. The summed E-state index contributed by atoms with van der Waals surface area (Å²) in [6, 6.07) is 7.98. The zero-order chi connectivity index (χ0) is 13.1. The van der Waals surface area contributed by atoms with Crippen molar-refractivity contribution in [3.8, 4) is 5.75 Å². The van der Waals surface area contributed by atoms with Crippen LogP contribution < -0.4 is 10.1 Å². The Hall–Kier alpha value is -1.55. The molecule has 0 spiro atoms. The van der Waals surface area contributed by atoms with Gasteiger partial charge >= 0.3 is 5.97 Å². The summed E-state index contributed by atoms with van der Waals surface area (Å²) in [5.41, 5.74) is 1.07. The Labute approximate surface area is 107 Å². The zero-order valence-electron chi connectivity index (χ0n) is 10.7. The van der Waals surface area contributed by atoms with Crippen molar-refractivity contribution in [1.82, 2.24) is 5.32 Å². The van der Waals surface area contributed by atoms with Gasteiger partial charge in [-0.05, 0) is 25.8 Å². The molecule has 0 heterocycles. The Morgan fingerprint density at radius 2 is 2.17 bits per heavy atom. The highest BCUT2D eigenvalue weighted by molar-refractivity contribution is 5.72. The maximum Gasteiger partial charge on any atom is 0.308 e. The topological polar surface area (TPSA) is 58.6 Å². The maximum atomic E-state index is 11.0. The molecule has 1 aliphatic rings. The third-order valence-corrected chi connectivity index (χ3v) is 3.66. The molecule has 98 valence electrons. The number of ether oxygens (including phenoxy) is 1. The lowest BCUT2D eigenvalue weighted by atomic mass is 9.79. The quantitative estimate of drug-likeness (QED) is 0.840. The van der Waals surface area contributed by atoms with Gasteiger partial charge in [0.05, 0.1) is 13.0 Å². The van der Waals surface area contributed by atoms with Crippen LogP contribution in [0.1, 0.15) is 31.4 Å². The minimum Gasteiger partial charge on any atom is -0.496 e. The number of para-hydroxylation sites is 1. The summed E-state index contributed by atoms with van der Waals surface area (Å²) in [7, 11) is 1.65. The normalized spacial score (nSPS) is 24.1. The summed E-state index contributed by atoms with van der Waals surface area (Å²) in [4.78, 5) is 11.0. The average molecular weight is 249 g/mol. The number of carboxylic acid groups (broad SMARTS) is 1. The molecule has 4 nitrogen and oxygen atoms in total. The van der Waals surface area contributed by atoms with Gasteiger partial charge in [0.2, 0.25) is 0 Å². The van der Waals surface area contributed by atoms with Gasteiger partial charge in [-0.1, -0.05) is 18.2 Å². The first kappa shape index (κ1) is 12.9. The van der Waals surface area contributed by atoms with Crippen LogP contribution in [0.25, 0.3) is 0 Å². The van der Waals surface area contributed by atoms with Crippen molar-refractivity contribution in [2.45, 2.75) is 31.8 Å². The molecule has 0 saturated heterocycles. The van der Waals surface area contributed by atoms with Crippen LogP contribution in [0, 0.1) is 5.92 Å². The molecule has 1 saturated carbocycles. The van der Waals surface area contributed by atoms with Crippen LogP contribution in [0.5, 0.6) is 5.75 Å². The van der Waals surface area contributed by atoms with Crippen LogP contribution in [-0.4, -0.2) is 24.2 Å². The van der Waals surface area contributed by atoms with E-state index in [-0.39, 0.29) is 18.0 Å². The summed E-state index contributed by atoms with van der Waals surface area (Å²) in [5, 5.41) is 12.4. The molecule has 1 aromatic rings. The van der Waals surface area contributed by atoms with E-state index in [4.69, 9.17) is 9.84 Å².